The highest BCUT2D eigenvalue weighted by Gasteiger charge is 1.95. The zero-order valence-corrected chi connectivity index (χ0v) is 7.67. The minimum atomic E-state index is 0.326. The topological polar surface area (TPSA) is 20.2 Å². The smallest absolute Gasteiger partial charge is 0.119 e. The van der Waals surface area contributed by atoms with Crippen molar-refractivity contribution in [3.63, 3.8) is 0 Å². The number of benzene rings is 1. The minimum absolute atomic E-state index is 0.326. The Kier molecular flexibility index (Phi) is 3.18. The number of rotatable bonds is 2. The van der Waals surface area contributed by atoms with Crippen molar-refractivity contribution in [1.29, 1.82) is 0 Å². The molecule has 0 aromatic heterocycles. The Morgan fingerprint density at radius 2 is 2.17 bits per heavy atom. The van der Waals surface area contributed by atoms with Crippen molar-refractivity contribution in [1.82, 2.24) is 0 Å². The van der Waals surface area contributed by atoms with Crippen molar-refractivity contribution in [2.24, 2.45) is 0 Å². The van der Waals surface area contributed by atoms with Gasteiger partial charge in [-0.3, -0.25) is 0 Å². The number of aromatic hydroxyl groups is 1. The molecule has 0 saturated carbocycles. The van der Waals surface area contributed by atoms with E-state index < -0.39 is 0 Å². The van der Waals surface area contributed by atoms with Crippen LogP contribution in [0.5, 0.6) is 5.75 Å². The molecule has 0 atom stereocenters. The van der Waals surface area contributed by atoms with Gasteiger partial charge in [-0.25, -0.2) is 0 Å². The van der Waals surface area contributed by atoms with Gasteiger partial charge in [0.15, 0.2) is 0 Å². The van der Waals surface area contributed by atoms with Crippen LogP contribution in [0, 0.1) is 0 Å². The van der Waals surface area contributed by atoms with Gasteiger partial charge in [0.25, 0.3) is 0 Å². The standard InChI is InChI=1S/C10H11ClO/c1-8(11)6-7-9-4-2-3-5-10(9)12/h2-6,12H,7H2,1H3/b8-6-. The molecule has 1 aromatic rings. The van der Waals surface area contributed by atoms with Gasteiger partial charge in [-0.2, -0.15) is 0 Å². The Hall–Kier alpha value is -0.950. The molecule has 0 saturated heterocycles. The molecule has 12 heavy (non-hydrogen) atoms. The maximum atomic E-state index is 9.35. The summed E-state index contributed by atoms with van der Waals surface area (Å²) >= 11 is 5.66. The molecule has 1 aromatic carbocycles. The maximum Gasteiger partial charge on any atom is 0.119 e. The number of phenols is 1. The van der Waals surface area contributed by atoms with E-state index in [-0.39, 0.29) is 0 Å². The highest BCUT2D eigenvalue weighted by molar-refractivity contribution is 6.29. The summed E-state index contributed by atoms with van der Waals surface area (Å²) in [5.41, 5.74) is 0.900. The highest BCUT2D eigenvalue weighted by Crippen LogP contribution is 2.17. The van der Waals surface area contributed by atoms with Gasteiger partial charge in [-0.1, -0.05) is 35.9 Å². The number of halogens is 1. The molecule has 0 unspecified atom stereocenters. The lowest BCUT2D eigenvalue weighted by atomic mass is 10.1. The van der Waals surface area contributed by atoms with Crippen LogP contribution in [0.3, 0.4) is 0 Å². The van der Waals surface area contributed by atoms with Crippen LogP contribution in [0.4, 0.5) is 0 Å². The van der Waals surface area contributed by atoms with E-state index >= 15 is 0 Å². The number of allylic oxidation sites excluding steroid dienone is 2. The second-order valence-electron chi connectivity index (χ2n) is 2.62. The highest BCUT2D eigenvalue weighted by atomic mass is 35.5. The third kappa shape index (κ3) is 2.59. The monoisotopic (exact) mass is 182 g/mol. The molecule has 0 aliphatic carbocycles. The summed E-state index contributed by atoms with van der Waals surface area (Å²) in [5.74, 6) is 0.326. The first-order valence-electron chi connectivity index (χ1n) is 3.79. The van der Waals surface area contributed by atoms with Gasteiger partial charge in [0.1, 0.15) is 5.75 Å². The van der Waals surface area contributed by atoms with E-state index in [1.807, 2.05) is 25.1 Å². The predicted octanol–water partition coefficient (Wildman–Crippen LogP) is 3.08. The fourth-order valence-corrected chi connectivity index (χ4v) is 1.01. The summed E-state index contributed by atoms with van der Waals surface area (Å²) in [6, 6.07) is 7.25. The summed E-state index contributed by atoms with van der Waals surface area (Å²) in [5, 5.41) is 10.1. The molecule has 0 aliphatic heterocycles. The second-order valence-corrected chi connectivity index (χ2v) is 3.22. The summed E-state index contributed by atoms with van der Waals surface area (Å²) in [7, 11) is 0. The van der Waals surface area contributed by atoms with Gasteiger partial charge in [0.05, 0.1) is 0 Å². The predicted molar refractivity (Wildman–Crippen MR) is 51.4 cm³/mol. The first-order chi connectivity index (χ1) is 5.70. The first kappa shape index (κ1) is 9.14. The molecule has 0 aliphatic rings. The van der Waals surface area contributed by atoms with Crippen molar-refractivity contribution in [3.8, 4) is 5.75 Å². The molecule has 1 N–H and O–H groups in total. The van der Waals surface area contributed by atoms with Crippen LogP contribution in [0.25, 0.3) is 0 Å². The van der Waals surface area contributed by atoms with Crippen LogP contribution >= 0.6 is 11.6 Å². The molecular weight excluding hydrogens is 172 g/mol. The van der Waals surface area contributed by atoms with E-state index in [2.05, 4.69) is 0 Å². The SMILES string of the molecule is C/C(Cl)=C/Cc1ccccc1O. The molecule has 0 bridgehead atoms. The van der Waals surface area contributed by atoms with E-state index in [0.29, 0.717) is 12.2 Å². The molecule has 64 valence electrons. The molecule has 2 heteroatoms. The Morgan fingerprint density at radius 3 is 2.75 bits per heavy atom. The molecular formula is C10H11ClO. The normalized spacial score (nSPS) is 11.7. The zero-order valence-electron chi connectivity index (χ0n) is 6.92. The lowest BCUT2D eigenvalue weighted by molar-refractivity contribution is 0.469. The Morgan fingerprint density at radius 1 is 1.50 bits per heavy atom. The van der Waals surface area contributed by atoms with E-state index in [4.69, 9.17) is 11.6 Å². The Labute approximate surface area is 77.3 Å². The summed E-state index contributed by atoms with van der Waals surface area (Å²) in [4.78, 5) is 0. The van der Waals surface area contributed by atoms with Crippen molar-refractivity contribution in [3.05, 3.63) is 40.9 Å². The number of hydrogen-bond acceptors (Lipinski definition) is 1. The molecule has 1 rings (SSSR count). The molecule has 0 heterocycles. The third-order valence-corrected chi connectivity index (χ3v) is 1.75. The maximum absolute atomic E-state index is 9.35. The van der Waals surface area contributed by atoms with Crippen molar-refractivity contribution in [2.45, 2.75) is 13.3 Å². The second kappa shape index (κ2) is 4.17. The number of phenolic OH excluding ortho intramolecular Hbond substituents is 1. The van der Waals surface area contributed by atoms with Crippen molar-refractivity contribution >= 4 is 11.6 Å². The van der Waals surface area contributed by atoms with Crippen LogP contribution in [-0.2, 0) is 6.42 Å². The first-order valence-corrected chi connectivity index (χ1v) is 4.17. The molecule has 0 spiro atoms. The van der Waals surface area contributed by atoms with E-state index in [9.17, 15) is 5.11 Å². The van der Waals surface area contributed by atoms with E-state index in [1.54, 1.807) is 12.1 Å². The summed E-state index contributed by atoms with van der Waals surface area (Å²) in [6.45, 7) is 1.82. The zero-order chi connectivity index (χ0) is 8.97. The van der Waals surface area contributed by atoms with Gasteiger partial charge >= 0.3 is 0 Å². The lowest BCUT2D eigenvalue weighted by Gasteiger charge is -1.99. The average molecular weight is 183 g/mol. The summed E-state index contributed by atoms with van der Waals surface area (Å²) in [6.07, 6.45) is 2.55. The largest absolute Gasteiger partial charge is 0.508 e. The van der Waals surface area contributed by atoms with Gasteiger partial charge < -0.3 is 5.11 Å². The Bertz CT molecular complexity index is 288. The fraction of sp³-hybridized carbons (Fsp3) is 0.200. The van der Waals surface area contributed by atoms with E-state index in [0.717, 1.165) is 10.6 Å². The summed E-state index contributed by atoms with van der Waals surface area (Å²) < 4.78 is 0. The molecule has 1 nitrogen and oxygen atoms in total. The third-order valence-electron chi connectivity index (χ3n) is 1.59. The van der Waals surface area contributed by atoms with Crippen LogP contribution in [0.1, 0.15) is 12.5 Å². The average Bonchev–Trinajstić information content (AvgIpc) is 2.03. The van der Waals surface area contributed by atoms with Gasteiger partial charge in [0, 0.05) is 5.03 Å². The number of hydrogen-bond donors (Lipinski definition) is 1. The van der Waals surface area contributed by atoms with Gasteiger partial charge in [-0.15, -0.1) is 0 Å². The number of para-hydroxylation sites is 1. The van der Waals surface area contributed by atoms with Crippen LogP contribution in [-0.4, -0.2) is 5.11 Å². The van der Waals surface area contributed by atoms with Gasteiger partial charge in [0.2, 0.25) is 0 Å². The quantitative estimate of drug-likeness (QED) is 0.746. The van der Waals surface area contributed by atoms with Crippen LogP contribution < -0.4 is 0 Å². The fourth-order valence-electron chi connectivity index (χ4n) is 0.934. The molecule has 0 fully saturated rings. The van der Waals surface area contributed by atoms with Crippen LogP contribution in [0.15, 0.2) is 35.4 Å². The molecule has 0 radical (unpaired) electrons. The lowest BCUT2D eigenvalue weighted by Crippen LogP contribution is -1.81. The molecule has 0 amide bonds. The minimum Gasteiger partial charge on any atom is -0.508 e. The van der Waals surface area contributed by atoms with Gasteiger partial charge in [-0.05, 0) is 25.0 Å². The Balaban J connectivity index is 2.76. The van der Waals surface area contributed by atoms with Crippen LogP contribution in [0.2, 0.25) is 0 Å². The van der Waals surface area contributed by atoms with Crippen molar-refractivity contribution < 1.29 is 5.11 Å². The van der Waals surface area contributed by atoms with E-state index in [1.165, 1.54) is 0 Å². The van der Waals surface area contributed by atoms with Crippen molar-refractivity contribution in [2.75, 3.05) is 0 Å².